The smallest absolute Gasteiger partial charge is 0.310 e. The molecule has 1 aliphatic carbocycles. The SMILES string of the molecule is COC(=O)C1C(c2ccc3c(c2)OCO3)c2ccc(O)cc2C1c1ccc(OC)cc1O.[Pr]. The standard InChI is InChI=1S/C25H22O7.Pr/c1-29-15-5-7-17(19(27)11-15)23-18-10-14(26)4-6-16(18)22(24(23)25(28)30-2)13-3-8-20-21(9-13)32-12-31-20;/h3-11,22-24,26-27H,12H2,1-2H3;. The van der Waals surface area contributed by atoms with Gasteiger partial charge < -0.3 is 29.2 Å². The predicted octanol–water partition coefficient (Wildman–Crippen LogP) is 3.90. The van der Waals surface area contributed by atoms with Crippen molar-refractivity contribution in [3.8, 4) is 28.7 Å². The first-order valence-corrected chi connectivity index (χ1v) is 10.2. The summed E-state index contributed by atoms with van der Waals surface area (Å²) in [5, 5.41) is 21.0. The maximum atomic E-state index is 13.2. The van der Waals surface area contributed by atoms with Crippen LogP contribution in [0.3, 0.4) is 0 Å². The number of ether oxygens (including phenoxy) is 4. The third-order valence-electron chi connectivity index (χ3n) is 6.26. The zero-order chi connectivity index (χ0) is 22.4. The molecule has 0 bridgehead atoms. The average molecular weight is 575 g/mol. The Morgan fingerprint density at radius 1 is 0.879 bits per heavy atom. The molecule has 3 aromatic rings. The summed E-state index contributed by atoms with van der Waals surface area (Å²) in [4.78, 5) is 13.2. The minimum absolute atomic E-state index is 0. The topological polar surface area (TPSA) is 94.5 Å². The summed E-state index contributed by atoms with van der Waals surface area (Å²) < 4.78 is 21.4. The molecule has 0 saturated carbocycles. The second kappa shape index (κ2) is 9.39. The molecule has 3 aromatic carbocycles. The van der Waals surface area contributed by atoms with E-state index in [2.05, 4.69) is 0 Å². The van der Waals surface area contributed by atoms with Gasteiger partial charge in [0, 0.05) is 64.8 Å². The van der Waals surface area contributed by atoms with Crippen molar-refractivity contribution < 1.29 is 75.2 Å². The minimum Gasteiger partial charge on any atom is -0.508 e. The number of rotatable bonds is 4. The number of aromatic hydroxyl groups is 2. The number of phenolic OH excluding ortho intramolecular Hbond substituents is 2. The van der Waals surface area contributed by atoms with E-state index in [1.807, 2.05) is 24.3 Å². The number of hydrogen-bond donors (Lipinski definition) is 2. The van der Waals surface area contributed by atoms with Gasteiger partial charge in [-0.05, 0) is 47.0 Å². The fraction of sp³-hybridized carbons (Fsp3) is 0.240. The number of carbonyl (C=O) groups is 1. The van der Waals surface area contributed by atoms with Crippen molar-refractivity contribution in [2.75, 3.05) is 21.0 Å². The van der Waals surface area contributed by atoms with E-state index in [1.165, 1.54) is 20.3 Å². The van der Waals surface area contributed by atoms with E-state index in [1.54, 1.807) is 24.3 Å². The zero-order valence-electron chi connectivity index (χ0n) is 18.1. The summed E-state index contributed by atoms with van der Waals surface area (Å²) in [7, 11) is 2.87. The Labute approximate surface area is 224 Å². The number of esters is 1. The van der Waals surface area contributed by atoms with Gasteiger partial charge in [0.05, 0.1) is 20.1 Å². The Balaban J connectivity index is 0.00000259. The molecule has 1 aliphatic heterocycles. The minimum atomic E-state index is -0.670. The van der Waals surface area contributed by atoms with Crippen LogP contribution >= 0.6 is 0 Å². The molecule has 5 rings (SSSR count). The molecular weight excluding hydrogens is 553 g/mol. The second-order valence-corrected chi connectivity index (χ2v) is 7.85. The molecule has 33 heavy (non-hydrogen) atoms. The number of fused-ring (bicyclic) bond motifs is 2. The Hall–Kier alpha value is -2.51. The third-order valence-corrected chi connectivity index (χ3v) is 6.26. The first-order chi connectivity index (χ1) is 15.5. The molecular formula is C25H22O7Pr. The number of carbonyl (C=O) groups excluding carboxylic acids is 1. The van der Waals surface area contributed by atoms with E-state index in [9.17, 15) is 15.0 Å². The van der Waals surface area contributed by atoms with Crippen LogP contribution in [0.4, 0.5) is 0 Å². The molecule has 0 fully saturated rings. The summed E-state index contributed by atoms with van der Waals surface area (Å²) in [6.45, 7) is 0.149. The van der Waals surface area contributed by atoms with Crippen LogP contribution in [0.25, 0.3) is 0 Å². The van der Waals surface area contributed by atoms with E-state index < -0.39 is 17.8 Å². The largest absolute Gasteiger partial charge is 0.508 e. The number of hydrogen-bond acceptors (Lipinski definition) is 7. The van der Waals surface area contributed by atoms with Crippen LogP contribution in [0, 0.1) is 47.2 Å². The fourth-order valence-corrected chi connectivity index (χ4v) is 4.87. The van der Waals surface area contributed by atoms with Crippen LogP contribution in [0.1, 0.15) is 34.1 Å². The van der Waals surface area contributed by atoms with Crippen molar-refractivity contribution in [3.63, 3.8) is 0 Å². The average Bonchev–Trinajstić information content (AvgIpc) is 3.40. The van der Waals surface area contributed by atoms with Crippen LogP contribution in [-0.2, 0) is 9.53 Å². The molecule has 3 atom stereocenters. The van der Waals surface area contributed by atoms with Gasteiger partial charge in [0.15, 0.2) is 11.5 Å². The molecule has 2 aliphatic rings. The van der Waals surface area contributed by atoms with Crippen LogP contribution < -0.4 is 14.2 Å². The van der Waals surface area contributed by atoms with E-state index in [-0.39, 0.29) is 65.5 Å². The number of benzene rings is 3. The van der Waals surface area contributed by atoms with E-state index in [0.29, 0.717) is 22.8 Å². The Kier molecular flexibility index (Phi) is 6.73. The molecule has 0 saturated heterocycles. The normalized spacial score (nSPS) is 20.0. The summed E-state index contributed by atoms with van der Waals surface area (Å²) in [6.07, 6.45) is 0. The fourth-order valence-electron chi connectivity index (χ4n) is 4.87. The van der Waals surface area contributed by atoms with Gasteiger partial charge in [-0.1, -0.05) is 18.2 Å². The summed E-state index contributed by atoms with van der Waals surface area (Å²) in [5.74, 6) is -0.147. The van der Waals surface area contributed by atoms with Gasteiger partial charge in [-0.25, -0.2) is 0 Å². The summed E-state index contributed by atoms with van der Waals surface area (Å²) in [5.41, 5.74) is 3.03. The summed E-state index contributed by atoms with van der Waals surface area (Å²) in [6, 6.07) is 15.7. The molecule has 1 heterocycles. The quantitative estimate of drug-likeness (QED) is 0.456. The zero-order valence-corrected chi connectivity index (χ0v) is 21.9. The van der Waals surface area contributed by atoms with Crippen LogP contribution in [0.15, 0.2) is 54.6 Å². The molecule has 167 valence electrons. The van der Waals surface area contributed by atoms with Gasteiger partial charge in [-0.15, -0.1) is 0 Å². The van der Waals surface area contributed by atoms with E-state index >= 15 is 0 Å². The van der Waals surface area contributed by atoms with Crippen molar-refractivity contribution in [2.45, 2.75) is 11.8 Å². The molecule has 7 nitrogen and oxygen atoms in total. The monoisotopic (exact) mass is 575 g/mol. The maximum absolute atomic E-state index is 13.2. The molecule has 0 amide bonds. The molecule has 1 radical (unpaired) electrons. The Morgan fingerprint density at radius 2 is 1.64 bits per heavy atom. The van der Waals surface area contributed by atoms with Crippen molar-refractivity contribution in [1.82, 2.24) is 0 Å². The van der Waals surface area contributed by atoms with Crippen molar-refractivity contribution in [1.29, 1.82) is 0 Å². The Bertz CT molecular complexity index is 1210. The summed E-state index contributed by atoms with van der Waals surface area (Å²) >= 11 is 0. The first-order valence-electron chi connectivity index (χ1n) is 10.2. The van der Waals surface area contributed by atoms with Crippen molar-refractivity contribution in [3.05, 3.63) is 76.9 Å². The van der Waals surface area contributed by atoms with Gasteiger partial charge in [-0.2, -0.15) is 0 Å². The van der Waals surface area contributed by atoms with E-state index in [4.69, 9.17) is 18.9 Å². The number of phenols is 2. The molecule has 8 heteroatoms. The number of methoxy groups -OCH3 is 2. The van der Waals surface area contributed by atoms with Gasteiger partial charge in [0.1, 0.15) is 17.2 Å². The second-order valence-electron chi connectivity index (χ2n) is 7.85. The van der Waals surface area contributed by atoms with Gasteiger partial charge >= 0.3 is 5.97 Å². The van der Waals surface area contributed by atoms with Crippen LogP contribution in [-0.4, -0.2) is 37.2 Å². The van der Waals surface area contributed by atoms with Gasteiger partial charge in [0.2, 0.25) is 6.79 Å². The van der Waals surface area contributed by atoms with Crippen molar-refractivity contribution >= 4 is 5.97 Å². The van der Waals surface area contributed by atoms with Gasteiger partial charge in [0.25, 0.3) is 0 Å². The molecule has 2 N–H and O–H groups in total. The van der Waals surface area contributed by atoms with Crippen molar-refractivity contribution in [2.24, 2.45) is 5.92 Å². The van der Waals surface area contributed by atoms with Crippen LogP contribution in [0.5, 0.6) is 28.7 Å². The maximum Gasteiger partial charge on any atom is 0.310 e. The molecule has 3 unspecified atom stereocenters. The molecule has 0 spiro atoms. The van der Waals surface area contributed by atoms with Gasteiger partial charge in [-0.3, -0.25) is 4.79 Å². The third kappa shape index (κ3) is 4.02. The predicted molar refractivity (Wildman–Crippen MR) is 115 cm³/mol. The first kappa shape index (κ1) is 23.6. The molecule has 0 aromatic heterocycles. The van der Waals surface area contributed by atoms with Crippen LogP contribution in [0.2, 0.25) is 0 Å². The Morgan fingerprint density at radius 3 is 2.36 bits per heavy atom. The van der Waals surface area contributed by atoms with E-state index in [0.717, 1.165) is 16.7 Å².